The van der Waals surface area contributed by atoms with E-state index in [1.165, 1.54) is 18.2 Å². The molecule has 0 radical (unpaired) electrons. The van der Waals surface area contributed by atoms with E-state index in [9.17, 15) is 15.0 Å². The van der Waals surface area contributed by atoms with Crippen molar-refractivity contribution in [3.8, 4) is 17.2 Å². The van der Waals surface area contributed by atoms with Crippen molar-refractivity contribution in [1.82, 2.24) is 0 Å². The number of allylic oxidation sites excluding steroid dienone is 5. The molecule has 2 aromatic rings. The van der Waals surface area contributed by atoms with E-state index in [0.29, 0.717) is 36.3 Å². The number of aromatic hydroxyl groups is 2. The SMILES string of the molecule is CC=CCc1cc(C=CC(=O)c2ccc(O)cc2)c(OCC)c(CC=CC)c1O. The van der Waals surface area contributed by atoms with Crippen LogP contribution in [0.3, 0.4) is 0 Å². The fraction of sp³-hybridized carbons (Fsp3) is 0.240. The third kappa shape index (κ3) is 5.85. The average molecular weight is 392 g/mol. The van der Waals surface area contributed by atoms with E-state index in [1.54, 1.807) is 18.2 Å². The molecule has 0 unspecified atom stereocenters. The summed E-state index contributed by atoms with van der Waals surface area (Å²) in [6.07, 6.45) is 12.1. The molecule has 4 heteroatoms. The summed E-state index contributed by atoms with van der Waals surface area (Å²) >= 11 is 0. The van der Waals surface area contributed by atoms with Crippen LogP contribution >= 0.6 is 0 Å². The molecule has 0 aliphatic carbocycles. The summed E-state index contributed by atoms with van der Waals surface area (Å²) in [5.41, 5.74) is 2.72. The van der Waals surface area contributed by atoms with Gasteiger partial charge >= 0.3 is 0 Å². The molecule has 29 heavy (non-hydrogen) atoms. The first-order chi connectivity index (χ1) is 14.0. The van der Waals surface area contributed by atoms with Gasteiger partial charge in [0.15, 0.2) is 5.78 Å². The number of carbonyl (C=O) groups is 1. The summed E-state index contributed by atoms with van der Waals surface area (Å²) in [5.74, 6) is 0.754. The van der Waals surface area contributed by atoms with Gasteiger partial charge in [-0.15, -0.1) is 0 Å². The maximum absolute atomic E-state index is 12.5. The monoisotopic (exact) mass is 392 g/mol. The molecule has 4 nitrogen and oxygen atoms in total. The largest absolute Gasteiger partial charge is 0.508 e. The second kappa shape index (κ2) is 10.9. The number of ether oxygens (including phenoxy) is 1. The van der Waals surface area contributed by atoms with Gasteiger partial charge in [0.05, 0.1) is 6.61 Å². The van der Waals surface area contributed by atoms with E-state index in [4.69, 9.17) is 4.74 Å². The van der Waals surface area contributed by atoms with E-state index in [1.807, 2.05) is 51.1 Å². The smallest absolute Gasteiger partial charge is 0.185 e. The summed E-state index contributed by atoms with van der Waals surface area (Å²) in [6.45, 7) is 6.20. The molecule has 0 amide bonds. The quantitative estimate of drug-likeness (QED) is 0.330. The Labute approximate surface area is 172 Å². The maximum Gasteiger partial charge on any atom is 0.185 e. The highest BCUT2D eigenvalue weighted by molar-refractivity contribution is 6.07. The Morgan fingerprint density at radius 2 is 1.69 bits per heavy atom. The highest BCUT2D eigenvalue weighted by atomic mass is 16.5. The Morgan fingerprint density at radius 3 is 2.31 bits per heavy atom. The molecular weight excluding hydrogens is 364 g/mol. The average Bonchev–Trinajstić information content (AvgIpc) is 2.72. The Kier molecular flexibility index (Phi) is 8.28. The fourth-order valence-corrected chi connectivity index (χ4v) is 2.95. The first kappa shape index (κ1) is 22.0. The Balaban J connectivity index is 2.51. The lowest BCUT2D eigenvalue weighted by Crippen LogP contribution is -2.02. The molecule has 0 saturated carbocycles. The Morgan fingerprint density at radius 1 is 1.03 bits per heavy atom. The Bertz CT molecular complexity index is 919. The van der Waals surface area contributed by atoms with Crippen molar-refractivity contribution in [2.24, 2.45) is 0 Å². The molecule has 0 atom stereocenters. The molecule has 0 aliphatic heterocycles. The summed E-state index contributed by atoms with van der Waals surface area (Å²) in [7, 11) is 0. The van der Waals surface area contributed by atoms with Crippen LogP contribution in [0.1, 0.15) is 47.8 Å². The minimum absolute atomic E-state index is 0.116. The van der Waals surface area contributed by atoms with E-state index >= 15 is 0 Å². The van der Waals surface area contributed by atoms with Crippen molar-refractivity contribution in [2.75, 3.05) is 6.61 Å². The van der Waals surface area contributed by atoms with Crippen molar-refractivity contribution in [3.05, 3.63) is 83.0 Å². The minimum atomic E-state index is -0.175. The zero-order chi connectivity index (χ0) is 21.2. The van der Waals surface area contributed by atoms with Gasteiger partial charge in [0.2, 0.25) is 0 Å². The van der Waals surface area contributed by atoms with Gasteiger partial charge in [-0.2, -0.15) is 0 Å². The van der Waals surface area contributed by atoms with Crippen LogP contribution in [0.25, 0.3) is 6.08 Å². The van der Waals surface area contributed by atoms with Crippen LogP contribution in [0.4, 0.5) is 0 Å². The van der Waals surface area contributed by atoms with Crippen molar-refractivity contribution < 1.29 is 19.7 Å². The molecule has 0 spiro atoms. The van der Waals surface area contributed by atoms with Crippen LogP contribution in [-0.2, 0) is 12.8 Å². The number of hydrogen-bond acceptors (Lipinski definition) is 4. The zero-order valence-electron chi connectivity index (χ0n) is 17.2. The van der Waals surface area contributed by atoms with Gasteiger partial charge in [0, 0.05) is 16.7 Å². The predicted octanol–water partition coefficient (Wildman–Crippen LogP) is 5.63. The predicted molar refractivity (Wildman–Crippen MR) is 118 cm³/mol. The standard InChI is InChI=1S/C25H28O4/c1-4-7-9-19-17-20(13-16-23(27)18-11-14-21(26)15-12-18)25(29-6-3)22(24(19)28)10-8-5-2/h4-5,7-8,11-17,26,28H,6,9-10H2,1-3H3. The number of benzene rings is 2. The van der Waals surface area contributed by atoms with Crippen LogP contribution in [0, 0.1) is 0 Å². The molecule has 152 valence electrons. The van der Waals surface area contributed by atoms with Crippen LogP contribution in [0.5, 0.6) is 17.2 Å². The summed E-state index contributed by atoms with van der Waals surface area (Å²) < 4.78 is 5.85. The lowest BCUT2D eigenvalue weighted by atomic mass is 9.97. The van der Waals surface area contributed by atoms with Crippen molar-refractivity contribution >= 4 is 11.9 Å². The van der Waals surface area contributed by atoms with Gasteiger partial charge in [0.1, 0.15) is 17.2 Å². The van der Waals surface area contributed by atoms with Crippen molar-refractivity contribution in [2.45, 2.75) is 33.6 Å². The molecular formula is C25H28O4. The van der Waals surface area contributed by atoms with Gasteiger partial charge in [-0.1, -0.05) is 24.3 Å². The lowest BCUT2D eigenvalue weighted by Gasteiger charge is -2.17. The summed E-state index contributed by atoms with van der Waals surface area (Å²) in [6, 6.07) is 7.99. The van der Waals surface area contributed by atoms with Gasteiger partial charge in [0.25, 0.3) is 0 Å². The van der Waals surface area contributed by atoms with Crippen molar-refractivity contribution in [3.63, 3.8) is 0 Å². The number of phenols is 2. The Hall–Kier alpha value is -3.27. The first-order valence-corrected chi connectivity index (χ1v) is 9.76. The minimum Gasteiger partial charge on any atom is -0.508 e. The summed E-state index contributed by atoms with van der Waals surface area (Å²) in [5, 5.41) is 20.2. The normalized spacial score (nSPS) is 11.7. The van der Waals surface area contributed by atoms with E-state index in [-0.39, 0.29) is 17.3 Å². The molecule has 0 aliphatic rings. The van der Waals surface area contributed by atoms with Crippen LogP contribution in [0.2, 0.25) is 0 Å². The summed E-state index contributed by atoms with van der Waals surface area (Å²) in [4.78, 5) is 12.5. The second-order valence-electron chi connectivity index (χ2n) is 6.50. The maximum atomic E-state index is 12.5. The van der Waals surface area contributed by atoms with Crippen LogP contribution < -0.4 is 4.74 Å². The van der Waals surface area contributed by atoms with E-state index in [2.05, 4.69) is 0 Å². The molecule has 0 saturated heterocycles. The zero-order valence-corrected chi connectivity index (χ0v) is 17.2. The molecule has 0 heterocycles. The van der Waals surface area contributed by atoms with Crippen LogP contribution in [0.15, 0.2) is 60.7 Å². The van der Waals surface area contributed by atoms with Crippen LogP contribution in [-0.4, -0.2) is 22.6 Å². The van der Waals surface area contributed by atoms with Gasteiger partial charge < -0.3 is 14.9 Å². The molecule has 0 aromatic heterocycles. The van der Waals surface area contributed by atoms with E-state index in [0.717, 1.165) is 11.1 Å². The molecule has 2 rings (SSSR count). The fourth-order valence-electron chi connectivity index (χ4n) is 2.95. The number of phenolic OH excluding ortho intramolecular Hbond substituents is 2. The highest BCUT2D eigenvalue weighted by Gasteiger charge is 2.17. The van der Waals surface area contributed by atoms with E-state index < -0.39 is 0 Å². The number of rotatable bonds is 9. The first-order valence-electron chi connectivity index (χ1n) is 9.76. The van der Waals surface area contributed by atoms with Gasteiger partial charge in [-0.05, 0) is 81.7 Å². The highest BCUT2D eigenvalue weighted by Crippen LogP contribution is 2.37. The molecule has 0 fully saturated rings. The van der Waals surface area contributed by atoms with Crippen molar-refractivity contribution in [1.29, 1.82) is 0 Å². The topological polar surface area (TPSA) is 66.8 Å². The number of ketones is 1. The van der Waals surface area contributed by atoms with Gasteiger partial charge in [-0.3, -0.25) is 4.79 Å². The number of hydrogen-bond donors (Lipinski definition) is 2. The second-order valence-corrected chi connectivity index (χ2v) is 6.50. The lowest BCUT2D eigenvalue weighted by molar-refractivity contribution is 0.104. The molecule has 2 N–H and O–H groups in total. The third-order valence-electron chi connectivity index (χ3n) is 4.44. The third-order valence-corrected chi connectivity index (χ3v) is 4.44. The van der Waals surface area contributed by atoms with Gasteiger partial charge in [-0.25, -0.2) is 0 Å². The molecule has 0 bridgehead atoms. The number of carbonyl (C=O) groups excluding carboxylic acids is 1. The molecule has 2 aromatic carbocycles.